The summed E-state index contributed by atoms with van der Waals surface area (Å²) >= 11 is 6.49. The number of hydrogen-bond donors (Lipinski definition) is 1. The average Bonchev–Trinajstić information content (AvgIpc) is 2.44. The summed E-state index contributed by atoms with van der Waals surface area (Å²) in [5, 5.41) is 4.29. The highest BCUT2D eigenvalue weighted by atomic mass is 35.5. The van der Waals surface area contributed by atoms with Crippen molar-refractivity contribution >= 4 is 17.3 Å². The molecule has 1 N–H and O–H groups in total. The number of nitrogens with zero attached hydrogens (tertiary/aromatic N) is 1. The predicted molar refractivity (Wildman–Crippen MR) is 92.4 cm³/mol. The molecule has 0 aliphatic carbocycles. The van der Waals surface area contributed by atoms with Crippen molar-refractivity contribution in [2.75, 3.05) is 38.3 Å². The summed E-state index contributed by atoms with van der Waals surface area (Å²) in [6, 6.07) is 6.16. The molecule has 0 saturated heterocycles. The quantitative estimate of drug-likeness (QED) is 0.662. The van der Waals surface area contributed by atoms with E-state index in [-0.39, 0.29) is 0 Å². The zero-order chi connectivity index (χ0) is 15.7. The third kappa shape index (κ3) is 6.25. The van der Waals surface area contributed by atoms with Crippen molar-refractivity contribution in [2.45, 2.75) is 33.7 Å². The molecule has 4 heteroatoms. The predicted octanol–water partition coefficient (Wildman–Crippen LogP) is 3.95. The van der Waals surface area contributed by atoms with Crippen LogP contribution in [0.25, 0.3) is 0 Å². The fourth-order valence-electron chi connectivity index (χ4n) is 2.39. The summed E-state index contributed by atoms with van der Waals surface area (Å²) in [5.41, 5.74) is 2.40. The maximum absolute atomic E-state index is 6.49. The van der Waals surface area contributed by atoms with Gasteiger partial charge in [-0.3, -0.25) is 0 Å². The first-order valence-corrected chi connectivity index (χ1v) is 8.19. The SMILES string of the molecule is CCCNCc1cccc(Cl)c1N(CCOC)CC(C)C. The van der Waals surface area contributed by atoms with E-state index in [1.807, 2.05) is 12.1 Å². The molecule has 120 valence electrons. The first kappa shape index (κ1) is 18.3. The molecule has 0 atom stereocenters. The number of para-hydroxylation sites is 1. The number of hydrogen-bond acceptors (Lipinski definition) is 3. The normalized spacial score (nSPS) is 11.1. The molecule has 0 aromatic heterocycles. The van der Waals surface area contributed by atoms with Gasteiger partial charge in [0, 0.05) is 26.7 Å². The third-order valence-electron chi connectivity index (χ3n) is 3.28. The Balaban J connectivity index is 2.97. The van der Waals surface area contributed by atoms with Gasteiger partial charge in [-0.15, -0.1) is 0 Å². The monoisotopic (exact) mass is 312 g/mol. The van der Waals surface area contributed by atoms with Gasteiger partial charge < -0.3 is 15.0 Å². The lowest BCUT2D eigenvalue weighted by molar-refractivity contribution is 0.204. The largest absolute Gasteiger partial charge is 0.383 e. The Hall–Kier alpha value is -0.770. The first-order valence-electron chi connectivity index (χ1n) is 7.82. The van der Waals surface area contributed by atoms with Gasteiger partial charge in [-0.05, 0) is 30.5 Å². The van der Waals surface area contributed by atoms with E-state index in [0.29, 0.717) is 12.5 Å². The zero-order valence-electron chi connectivity index (χ0n) is 13.8. The van der Waals surface area contributed by atoms with E-state index in [4.69, 9.17) is 16.3 Å². The summed E-state index contributed by atoms with van der Waals surface area (Å²) in [6.07, 6.45) is 1.13. The summed E-state index contributed by atoms with van der Waals surface area (Å²) in [4.78, 5) is 2.35. The van der Waals surface area contributed by atoms with Crippen molar-refractivity contribution in [3.05, 3.63) is 28.8 Å². The second-order valence-electron chi connectivity index (χ2n) is 5.76. The van der Waals surface area contributed by atoms with E-state index >= 15 is 0 Å². The highest BCUT2D eigenvalue weighted by molar-refractivity contribution is 6.33. The molecule has 0 radical (unpaired) electrons. The topological polar surface area (TPSA) is 24.5 Å². The van der Waals surface area contributed by atoms with Crippen molar-refractivity contribution in [1.29, 1.82) is 0 Å². The summed E-state index contributed by atoms with van der Waals surface area (Å²) in [7, 11) is 1.74. The maximum Gasteiger partial charge on any atom is 0.0642 e. The van der Waals surface area contributed by atoms with Gasteiger partial charge in [-0.25, -0.2) is 0 Å². The lowest BCUT2D eigenvalue weighted by Crippen LogP contribution is -2.32. The Labute approximate surface area is 134 Å². The van der Waals surface area contributed by atoms with Gasteiger partial charge in [0.2, 0.25) is 0 Å². The van der Waals surface area contributed by atoms with Gasteiger partial charge in [-0.2, -0.15) is 0 Å². The van der Waals surface area contributed by atoms with Crippen molar-refractivity contribution in [3.63, 3.8) is 0 Å². The minimum atomic E-state index is 0.578. The molecule has 0 heterocycles. The molecule has 21 heavy (non-hydrogen) atoms. The standard InChI is InChI=1S/C17H29ClN2O/c1-5-9-19-12-15-7-6-8-16(18)17(15)20(10-11-21-4)13-14(2)3/h6-8,14,19H,5,9-13H2,1-4H3. The van der Waals surface area contributed by atoms with Crippen LogP contribution in [0.3, 0.4) is 0 Å². The highest BCUT2D eigenvalue weighted by Crippen LogP contribution is 2.30. The maximum atomic E-state index is 6.49. The van der Waals surface area contributed by atoms with Crippen LogP contribution in [-0.2, 0) is 11.3 Å². The van der Waals surface area contributed by atoms with E-state index in [1.54, 1.807) is 7.11 Å². The minimum absolute atomic E-state index is 0.578. The second kappa shape index (κ2) is 10.0. The Morgan fingerprint density at radius 1 is 1.33 bits per heavy atom. The molecule has 0 aliphatic heterocycles. The highest BCUT2D eigenvalue weighted by Gasteiger charge is 2.15. The lowest BCUT2D eigenvalue weighted by atomic mass is 10.1. The summed E-state index contributed by atoms with van der Waals surface area (Å²) in [6.45, 7) is 11.1. The molecule has 1 aromatic carbocycles. The van der Waals surface area contributed by atoms with E-state index in [1.165, 1.54) is 5.56 Å². The van der Waals surface area contributed by atoms with Crippen LogP contribution in [0.2, 0.25) is 5.02 Å². The van der Waals surface area contributed by atoms with Crippen LogP contribution < -0.4 is 10.2 Å². The van der Waals surface area contributed by atoms with Crippen LogP contribution in [0.15, 0.2) is 18.2 Å². The van der Waals surface area contributed by atoms with Crippen LogP contribution in [0.5, 0.6) is 0 Å². The number of anilines is 1. The fourth-order valence-corrected chi connectivity index (χ4v) is 2.71. The van der Waals surface area contributed by atoms with Crippen molar-refractivity contribution < 1.29 is 4.74 Å². The third-order valence-corrected chi connectivity index (χ3v) is 3.58. The zero-order valence-corrected chi connectivity index (χ0v) is 14.5. The molecule has 0 spiro atoms. The Morgan fingerprint density at radius 3 is 2.71 bits per heavy atom. The number of nitrogens with one attached hydrogen (secondary N) is 1. The van der Waals surface area contributed by atoms with Gasteiger partial charge in [0.15, 0.2) is 0 Å². The van der Waals surface area contributed by atoms with Crippen LogP contribution in [-0.4, -0.2) is 33.4 Å². The van der Waals surface area contributed by atoms with E-state index in [2.05, 4.69) is 37.1 Å². The average molecular weight is 313 g/mol. The van der Waals surface area contributed by atoms with Crippen LogP contribution in [0.4, 0.5) is 5.69 Å². The Kier molecular flexibility index (Phi) is 8.74. The number of benzene rings is 1. The van der Waals surface area contributed by atoms with E-state index in [9.17, 15) is 0 Å². The van der Waals surface area contributed by atoms with Crippen LogP contribution in [0.1, 0.15) is 32.8 Å². The second-order valence-corrected chi connectivity index (χ2v) is 6.16. The van der Waals surface area contributed by atoms with Gasteiger partial charge in [0.1, 0.15) is 0 Å². The molecule has 0 fully saturated rings. The molecular weight excluding hydrogens is 284 g/mol. The Morgan fingerprint density at radius 2 is 2.10 bits per heavy atom. The van der Waals surface area contributed by atoms with Crippen molar-refractivity contribution in [2.24, 2.45) is 5.92 Å². The van der Waals surface area contributed by atoms with Gasteiger partial charge in [0.25, 0.3) is 0 Å². The smallest absolute Gasteiger partial charge is 0.0642 e. The molecule has 3 nitrogen and oxygen atoms in total. The lowest BCUT2D eigenvalue weighted by Gasteiger charge is -2.29. The number of methoxy groups -OCH3 is 1. The van der Waals surface area contributed by atoms with Gasteiger partial charge in [0.05, 0.1) is 17.3 Å². The molecule has 0 amide bonds. The molecule has 0 bridgehead atoms. The minimum Gasteiger partial charge on any atom is -0.383 e. The van der Waals surface area contributed by atoms with Crippen molar-refractivity contribution in [3.8, 4) is 0 Å². The Bertz CT molecular complexity index is 410. The molecule has 0 aliphatic rings. The van der Waals surface area contributed by atoms with E-state index < -0.39 is 0 Å². The summed E-state index contributed by atoms with van der Waals surface area (Å²) < 4.78 is 5.25. The summed E-state index contributed by atoms with van der Waals surface area (Å²) in [5.74, 6) is 0.578. The fraction of sp³-hybridized carbons (Fsp3) is 0.647. The first-order chi connectivity index (χ1) is 10.1. The van der Waals surface area contributed by atoms with Crippen LogP contribution in [0, 0.1) is 5.92 Å². The van der Waals surface area contributed by atoms with Crippen LogP contribution >= 0.6 is 11.6 Å². The molecule has 0 unspecified atom stereocenters. The molecule has 1 rings (SSSR count). The molecule has 0 saturated carbocycles. The van der Waals surface area contributed by atoms with Gasteiger partial charge in [-0.1, -0.05) is 44.5 Å². The van der Waals surface area contributed by atoms with E-state index in [0.717, 1.165) is 43.3 Å². The number of halogens is 1. The van der Waals surface area contributed by atoms with Gasteiger partial charge >= 0.3 is 0 Å². The molecule has 1 aromatic rings. The number of rotatable bonds is 10. The van der Waals surface area contributed by atoms with Crippen molar-refractivity contribution in [1.82, 2.24) is 5.32 Å². The number of ether oxygens (including phenoxy) is 1. The molecular formula is C17H29ClN2O.